The van der Waals surface area contributed by atoms with E-state index in [-0.39, 0.29) is 0 Å². The minimum absolute atomic E-state index is 0.444. The summed E-state index contributed by atoms with van der Waals surface area (Å²) in [6.45, 7) is 7.15. The molecule has 5 nitrogen and oxygen atoms in total. The van der Waals surface area contributed by atoms with E-state index in [9.17, 15) is 0 Å². The van der Waals surface area contributed by atoms with Gasteiger partial charge in [0.1, 0.15) is 5.82 Å². The Labute approximate surface area is 108 Å². The Bertz CT molecular complexity index is 492. The second-order valence-electron chi connectivity index (χ2n) is 4.69. The topological polar surface area (TPSA) is 47.7 Å². The Morgan fingerprint density at radius 1 is 1.44 bits per heavy atom. The first-order chi connectivity index (χ1) is 8.61. The van der Waals surface area contributed by atoms with Crippen molar-refractivity contribution in [3.8, 4) is 0 Å². The van der Waals surface area contributed by atoms with Crippen LogP contribution in [-0.4, -0.2) is 19.6 Å². The van der Waals surface area contributed by atoms with Gasteiger partial charge >= 0.3 is 0 Å². The molecule has 0 aliphatic heterocycles. The van der Waals surface area contributed by atoms with Gasteiger partial charge in [-0.2, -0.15) is 10.2 Å². The van der Waals surface area contributed by atoms with E-state index in [1.54, 1.807) is 0 Å². The predicted molar refractivity (Wildman–Crippen MR) is 72.5 cm³/mol. The van der Waals surface area contributed by atoms with Crippen molar-refractivity contribution in [3.63, 3.8) is 0 Å². The number of anilines is 1. The predicted octanol–water partition coefficient (Wildman–Crippen LogP) is 2.51. The average molecular weight is 247 g/mol. The highest BCUT2D eigenvalue weighted by Crippen LogP contribution is 2.13. The Kier molecular flexibility index (Phi) is 3.69. The van der Waals surface area contributed by atoms with E-state index in [0.29, 0.717) is 6.04 Å². The van der Waals surface area contributed by atoms with Gasteiger partial charge in [0.05, 0.1) is 18.4 Å². The zero-order valence-corrected chi connectivity index (χ0v) is 11.5. The summed E-state index contributed by atoms with van der Waals surface area (Å²) in [6.07, 6.45) is 4.99. The van der Waals surface area contributed by atoms with Crippen molar-refractivity contribution in [2.45, 2.75) is 39.8 Å². The summed E-state index contributed by atoms with van der Waals surface area (Å²) in [5, 5.41) is 12.1. The minimum Gasteiger partial charge on any atom is -0.363 e. The van der Waals surface area contributed by atoms with E-state index < -0.39 is 0 Å². The average Bonchev–Trinajstić information content (AvgIpc) is 2.95. The number of hydrogen-bond donors (Lipinski definition) is 1. The Hall–Kier alpha value is -1.78. The molecule has 1 N–H and O–H groups in total. The molecule has 0 unspecified atom stereocenters. The van der Waals surface area contributed by atoms with Crippen molar-refractivity contribution in [1.82, 2.24) is 19.6 Å². The van der Waals surface area contributed by atoms with Gasteiger partial charge in [-0.3, -0.25) is 9.36 Å². The molecule has 5 heteroatoms. The maximum atomic E-state index is 4.52. The SMILES string of the molecule is CC[C@H](C)n1ccc(NCc2c(C)cnn2C)n1. The standard InChI is InChI=1S/C13H21N5/c1-5-11(3)18-7-6-13(16-18)14-9-12-10(2)8-15-17(12)4/h6-8,11H,5,9H2,1-4H3,(H,14,16)/t11-/m0/s1. The summed E-state index contributed by atoms with van der Waals surface area (Å²) >= 11 is 0. The molecule has 2 aromatic heterocycles. The summed E-state index contributed by atoms with van der Waals surface area (Å²) in [6, 6.07) is 2.46. The molecule has 0 aromatic carbocycles. The fourth-order valence-corrected chi connectivity index (χ4v) is 1.87. The van der Waals surface area contributed by atoms with Crippen LogP contribution in [0.25, 0.3) is 0 Å². The molecule has 98 valence electrons. The molecular weight excluding hydrogens is 226 g/mol. The molecule has 0 radical (unpaired) electrons. The Morgan fingerprint density at radius 2 is 2.22 bits per heavy atom. The number of rotatable bonds is 5. The van der Waals surface area contributed by atoms with Crippen LogP contribution < -0.4 is 5.32 Å². The third-order valence-corrected chi connectivity index (χ3v) is 3.36. The van der Waals surface area contributed by atoms with Crippen LogP contribution >= 0.6 is 0 Å². The second kappa shape index (κ2) is 5.25. The molecule has 0 saturated heterocycles. The zero-order valence-electron chi connectivity index (χ0n) is 11.5. The highest BCUT2D eigenvalue weighted by molar-refractivity contribution is 5.34. The van der Waals surface area contributed by atoms with Gasteiger partial charge in [-0.25, -0.2) is 0 Å². The summed E-state index contributed by atoms with van der Waals surface area (Å²) in [5.41, 5.74) is 2.39. The summed E-state index contributed by atoms with van der Waals surface area (Å²) in [4.78, 5) is 0. The molecule has 0 spiro atoms. The lowest BCUT2D eigenvalue weighted by atomic mass is 10.3. The normalized spacial score (nSPS) is 12.7. The van der Waals surface area contributed by atoms with Crippen LogP contribution in [0.15, 0.2) is 18.5 Å². The van der Waals surface area contributed by atoms with Gasteiger partial charge in [0, 0.05) is 25.4 Å². The zero-order chi connectivity index (χ0) is 13.1. The highest BCUT2D eigenvalue weighted by Gasteiger charge is 2.07. The molecule has 0 aliphatic rings. The second-order valence-corrected chi connectivity index (χ2v) is 4.69. The molecule has 0 amide bonds. The molecule has 0 bridgehead atoms. The lowest BCUT2D eigenvalue weighted by Crippen LogP contribution is -2.08. The van der Waals surface area contributed by atoms with Crippen molar-refractivity contribution in [2.75, 3.05) is 5.32 Å². The number of aromatic nitrogens is 4. The van der Waals surface area contributed by atoms with Gasteiger partial charge in [-0.1, -0.05) is 6.92 Å². The fraction of sp³-hybridized carbons (Fsp3) is 0.538. The summed E-state index contributed by atoms with van der Waals surface area (Å²) in [7, 11) is 1.96. The van der Waals surface area contributed by atoms with E-state index >= 15 is 0 Å². The third-order valence-electron chi connectivity index (χ3n) is 3.36. The minimum atomic E-state index is 0.444. The smallest absolute Gasteiger partial charge is 0.148 e. The van der Waals surface area contributed by atoms with E-state index in [1.807, 2.05) is 34.9 Å². The fourth-order valence-electron chi connectivity index (χ4n) is 1.87. The molecule has 0 fully saturated rings. The number of nitrogens with one attached hydrogen (secondary N) is 1. The lowest BCUT2D eigenvalue weighted by molar-refractivity contribution is 0.479. The first-order valence-electron chi connectivity index (χ1n) is 6.38. The molecule has 1 atom stereocenters. The van der Waals surface area contributed by atoms with Crippen molar-refractivity contribution in [1.29, 1.82) is 0 Å². The van der Waals surface area contributed by atoms with Crippen molar-refractivity contribution < 1.29 is 0 Å². The molecule has 2 heterocycles. The molecule has 18 heavy (non-hydrogen) atoms. The van der Waals surface area contributed by atoms with Gasteiger partial charge in [0.25, 0.3) is 0 Å². The molecule has 0 saturated carbocycles. The van der Waals surface area contributed by atoms with E-state index in [1.165, 1.54) is 11.3 Å². The van der Waals surface area contributed by atoms with Crippen LogP contribution in [0.5, 0.6) is 0 Å². The number of hydrogen-bond acceptors (Lipinski definition) is 3. The third kappa shape index (κ3) is 2.55. The summed E-state index contributed by atoms with van der Waals surface area (Å²) in [5.74, 6) is 0.913. The number of aryl methyl sites for hydroxylation is 2. The van der Waals surface area contributed by atoms with Crippen molar-refractivity contribution in [2.24, 2.45) is 7.05 Å². The lowest BCUT2D eigenvalue weighted by Gasteiger charge is -2.09. The highest BCUT2D eigenvalue weighted by atomic mass is 15.3. The first-order valence-corrected chi connectivity index (χ1v) is 6.38. The monoisotopic (exact) mass is 247 g/mol. The molecular formula is C13H21N5. The first kappa shape index (κ1) is 12.7. The van der Waals surface area contributed by atoms with Crippen LogP contribution in [0, 0.1) is 6.92 Å². The van der Waals surface area contributed by atoms with Gasteiger partial charge in [0.2, 0.25) is 0 Å². The maximum Gasteiger partial charge on any atom is 0.148 e. The van der Waals surface area contributed by atoms with E-state index in [2.05, 4.69) is 36.3 Å². The van der Waals surface area contributed by atoms with Gasteiger partial charge in [-0.05, 0) is 25.8 Å². The van der Waals surface area contributed by atoms with Gasteiger partial charge in [0.15, 0.2) is 0 Å². The van der Waals surface area contributed by atoms with E-state index in [4.69, 9.17) is 0 Å². The Morgan fingerprint density at radius 3 is 2.83 bits per heavy atom. The quantitative estimate of drug-likeness (QED) is 0.883. The largest absolute Gasteiger partial charge is 0.363 e. The number of nitrogens with zero attached hydrogens (tertiary/aromatic N) is 4. The van der Waals surface area contributed by atoms with Gasteiger partial charge < -0.3 is 5.32 Å². The van der Waals surface area contributed by atoms with Crippen LogP contribution in [0.3, 0.4) is 0 Å². The van der Waals surface area contributed by atoms with Crippen LogP contribution in [0.4, 0.5) is 5.82 Å². The van der Waals surface area contributed by atoms with E-state index in [0.717, 1.165) is 18.8 Å². The maximum absolute atomic E-state index is 4.52. The van der Waals surface area contributed by atoms with Gasteiger partial charge in [-0.15, -0.1) is 0 Å². The van der Waals surface area contributed by atoms with Crippen molar-refractivity contribution >= 4 is 5.82 Å². The van der Waals surface area contributed by atoms with Crippen LogP contribution in [-0.2, 0) is 13.6 Å². The molecule has 2 rings (SSSR count). The van der Waals surface area contributed by atoms with Crippen LogP contribution in [0.1, 0.15) is 37.6 Å². The Balaban J connectivity index is 2.00. The molecule has 0 aliphatic carbocycles. The summed E-state index contributed by atoms with van der Waals surface area (Å²) < 4.78 is 3.90. The molecule has 2 aromatic rings. The van der Waals surface area contributed by atoms with Crippen molar-refractivity contribution in [3.05, 3.63) is 29.7 Å². The van der Waals surface area contributed by atoms with Crippen LogP contribution in [0.2, 0.25) is 0 Å².